The van der Waals surface area contributed by atoms with E-state index in [-0.39, 0.29) is 22.7 Å². The van der Waals surface area contributed by atoms with Crippen LogP contribution in [0.15, 0.2) is 41.3 Å². The van der Waals surface area contributed by atoms with Crippen LogP contribution >= 0.6 is 23.2 Å². The fraction of sp³-hybridized carbons (Fsp3) is 0.250. The third-order valence-corrected chi connectivity index (χ3v) is 3.37. The Morgan fingerprint density at radius 3 is 2.45 bits per heavy atom. The van der Waals surface area contributed by atoms with Gasteiger partial charge in [0, 0.05) is 6.20 Å². The second-order valence-corrected chi connectivity index (χ2v) is 5.93. The molecule has 0 aliphatic heterocycles. The molecule has 0 spiro atoms. The summed E-state index contributed by atoms with van der Waals surface area (Å²) in [6.07, 6.45) is 1.36. The highest BCUT2D eigenvalue weighted by Gasteiger charge is 2.09. The summed E-state index contributed by atoms with van der Waals surface area (Å²) in [6.45, 7) is 3.90. The maximum atomic E-state index is 11.9. The first-order valence-electron chi connectivity index (χ1n) is 6.72. The number of ether oxygens (including phenoxy) is 1. The van der Waals surface area contributed by atoms with Crippen molar-refractivity contribution in [3.05, 3.63) is 68.1 Å². The molecule has 0 fully saturated rings. The fourth-order valence-corrected chi connectivity index (χ4v) is 2.42. The van der Waals surface area contributed by atoms with E-state index in [0.29, 0.717) is 17.1 Å². The van der Waals surface area contributed by atoms with Gasteiger partial charge in [-0.2, -0.15) is 0 Å². The maximum Gasteiger partial charge on any atom is 0.338 e. The second kappa shape index (κ2) is 6.99. The Kier molecular flexibility index (Phi) is 5.27. The molecule has 2 aromatic rings. The zero-order valence-corrected chi connectivity index (χ0v) is 13.7. The molecule has 1 aromatic carbocycles. The third kappa shape index (κ3) is 4.12. The number of nitrogens with zero attached hydrogens (tertiary/aromatic N) is 1. The number of esters is 1. The van der Waals surface area contributed by atoms with Crippen molar-refractivity contribution in [2.24, 2.45) is 0 Å². The number of hydrogen-bond acceptors (Lipinski definition) is 3. The van der Waals surface area contributed by atoms with E-state index in [1.54, 1.807) is 38.1 Å². The van der Waals surface area contributed by atoms with Gasteiger partial charge in [-0.05, 0) is 37.6 Å². The zero-order valence-electron chi connectivity index (χ0n) is 12.2. The molecule has 116 valence electrons. The van der Waals surface area contributed by atoms with Crippen molar-refractivity contribution >= 4 is 29.2 Å². The van der Waals surface area contributed by atoms with Crippen LogP contribution in [0.25, 0.3) is 0 Å². The average molecular weight is 340 g/mol. The number of aromatic nitrogens is 1. The minimum Gasteiger partial charge on any atom is -0.459 e. The Balaban J connectivity index is 2.19. The van der Waals surface area contributed by atoms with Crippen molar-refractivity contribution in [1.82, 2.24) is 4.57 Å². The number of carbonyl (C=O) groups excluding carboxylic acids is 1. The van der Waals surface area contributed by atoms with Crippen molar-refractivity contribution in [2.75, 3.05) is 0 Å². The Bertz CT molecular complexity index is 736. The number of pyridine rings is 1. The standard InChI is InChI=1S/C16H15Cl2NO3/c1-10(2)22-16(21)12-5-3-11(4-6-12)8-19-9-13(17)7-14(18)15(19)20/h3-7,9-10H,8H2,1-2H3. The minimum absolute atomic E-state index is 0.0737. The summed E-state index contributed by atoms with van der Waals surface area (Å²) < 4.78 is 6.54. The molecule has 1 aromatic heterocycles. The van der Waals surface area contributed by atoms with E-state index >= 15 is 0 Å². The third-order valence-electron chi connectivity index (χ3n) is 2.89. The Hall–Kier alpha value is -1.78. The Morgan fingerprint density at radius 2 is 1.86 bits per heavy atom. The summed E-state index contributed by atoms with van der Waals surface area (Å²) in [6, 6.07) is 8.26. The highest BCUT2D eigenvalue weighted by molar-refractivity contribution is 6.34. The topological polar surface area (TPSA) is 48.3 Å². The van der Waals surface area contributed by atoms with Gasteiger partial charge < -0.3 is 9.30 Å². The van der Waals surface area contributed by atoms with Gasteiger partial charge in [-0.15, -0.1) is 0 Å². The van der Waals surface area contributed by atoms with E-state index in [1.807, 2.05) is 0 Å². The largest absolute Gasteiger partial charge is 0.459 e. The molecule has 4 nitrogen and oxygen atoms in total. The van der Waals surface area contributed by atoms with Gasteiger partial charge in [0.1, 0.15) is 5.02 Å². The maximum absolute atomic E-state index is 11.9. The lowest BCUT2D eigenvalue weighted by atomic mass is 10.1. The molecule has 0 bridgehead atoms. The van der Waals surface area contributed by atoms with E-state index in [9.17, 15) is 9.59 Å². The molecule has 0 aliphatic rings. The first-order chi connectivity index (χ1) is 10.4. The molecule has 0 saturated carbocycles. The summed E-state index contributed by atoms with van der Waals surface area (Å²) >= 11 is 11.7. The van der Waals surface area contributed by atoms with Crippen LogP contribution in [-0.4, -0.2) is 16.6 Å². The van der Waals surface area contributed by atoms with E-state index in [0.717, 1.165) is 5.56 Å². The fourth-order valence-electron chi connectivity index (χ4n) is 1.91. The summed E-state index contributed by atoms with van der Waals surface area (Å²) in [4.78, 5) is 23.7. The first kappa shape index (κ1) is 16.6. The number of hydrogen-bond donors (Lipinski definition) is 0. The summed E-state index contributed by atoms with van der Waals surface area (Å²) in [5, 5.41) is 0.464. The molecule has 22 heavy (non-hydrogen) atoms. The van der Waals surface area contributed by atoms with Crippen molar-refractivity contribution in [3.63, 3.8) is 0 Å². The quantitative estimate of drug-likeness (QED) is 0.796. The normalized spacial score (nSPS) is 10.8. The number of halogens is 2. The lowest BCUT2D eigenvalue weighted by Crippen LogP contribution is -2.20. The van der Waals surface area contributed by atoms with Crippen LogP contribution < -0.4 is 5.56 Å². The smallest absolute Gasteiger partial charge is 0.338 e. The number of benzene rings is 1. The van der Waals surface area contributed by atoms with Gasteiger partial charge in [-0.3, -0.25) is 4.79 Å². The van der Waals surface area contributed by atoms with E-state index in [4.69, 9.17) is 27.9 Å². The monoisotopic (exact) mass is 339 g/mol. The lowest BCUT2D eigenvalue weighted by Gasteiger charge is -2.09. The first-order valence-corrected chi connectivity index (χ1v) is 7.48. The molecule has 0 aliphatic carbocycles. The van der Waals surface area contributed by atoms with Gasteiger partial charge >= 0.3 is 5.97 Å². The van der Waals surface area contributed by atoms with E-state index < -0.39 is 0 Å². The van der Waals surface area contributed by atoms with Gasteiger partial charge in [0.2, 0.25) is 0 Å². The minimum atomic E-state index is -0.371. The molecule has 0 atom stereocenters. The predicted molar refractivity (Wildman–Crippen MR) is 86.8 cm³/mol. The van der Waals surface area contributed by atoms with Crippen LogP contribution in [0.5, 0.6) is 0 Å². The van der Waals surface area contributed by atoms with E-state index in [1.165, 1.54) is 16.8 Å². The highest BCUT2D eigenvalue weighted by Crippen LogP contribution is 2.13. The SMILES string of the molecule is CC(C)OC(=O)c1ccc(Cn2cc(Cl)cc(Cl)c2=O)cc1. The van der Waals surface area contributed by atoms with Crippen molar-refractivity contribution < 1.29 is 9.53 Å². The second-order valence-electron chi connectivity index (χ2n) is 5.09. The van der Waals surface area contributed by atoms with Gasteiger partial charge in [0.15, 0.2) is 0 Å². The molecule has 0 N–H and O–H groups in total. The van der Waals surface area contributed by atoms with Gasteiger partial charge in [-0.1, -0.05) is 35.3 Å². The highest BCUT2D eigenvalue weighted by atomic mass is 35.5. The molecule has 2 rings (SSSR count). The van der Waals surface area contributed by atoms with Crippen molar-refractivity contribution in [1.29, 1.82) is 0 Å². The Morgan fingerprint density at radius 1 is 1.23 bits per heavy atom. The van der Waals surface area contributed by atoms with Crippen LogP contribution in [0, 0.1) is 0 Å². The molecule has 0 amide bonds. The molecule has 0 saturated heterocycles. The Labute approximate surface area is 138 Å². The average Bonchev–Trinajstić information content (AvgIpc) is 2.44. The molecule has 1 heterocycles. The number of carbonyl (C=O) groups is 1. The summed E-state index contributed by atoms with van der Waals surface area (Å²) in [5.41, 5.74) is 1.00. The molecule has 0 radical (unpaired) electrons. The van der Waals surface area contributed by atoms with Crippen LogP contribution in [0.3, 0.4) is 0 Å². The molecule has 0 unspecified atom stereocenters. The molecular weight excluding hydrogens is 325 g/mol. The van der Waals surface area contributed by atoms with Gasteiger partial charge in [0.25, 0.3) is 5.56 Å². The van der Waals surface area contributed by atoms with Gasteiger partial charge in [-0.25, -0.2) is 4.79 Å². The lowest BCUT2D eigenvalue weighted by molar-refractivity contribution is 0.0378. The van der Waals surface area contributed by atoms with Crippen LogP contribution in [0.4, 0.5) is 0 Å². The number of rotatable bonds is 4. The predicted octanol–water partition coefficient (Wildman–Crippen LogP) is 3.77. The zero-order chi connectivity index (χ0) is 16.3. The van der Waals surface area contributed by atoms with Crippen LogP contribution in [0.1, 0.15) is 29.8 Å². The molecule has 6 heteroatoms. The van der Waals surface area contributed by atoms with Crippen LogP contribution in [0.2, 0.25) is 10.0 Å². The van der Waals surface area contributed by atoms with E-state index in [2.05, 4.69) is 0 Å². The summed E-state index contributed by atoms with van der Waals surface area (Å²) in [5.74, 6) is -0.371. The van der Waals surface area contributed by atoms with Crippen molar-refractivity contribution in [2.45, 2.75) is 26.5 Å². The van der Waals surface area contributed by atoms with Crippen LogP contribution in [-0.2, 0) is 11.3 Å². The molecular formula is C16H15Cl2NO3. The van der Waals surface area contributed by atoms with Crippen molar-refractivity contribution in [3.8, 4) is 0 Å². The van der Waals surface area contributed by atoms with Gasteiger partial charge in [0.05, 0.1) is 23.2 Å². The summed E-state index contributed by atoms with van der Waals surface area (Å²) in [7, 11) is 0.